The molecule has 1 unspecified atom stereocenters. The number of carboxylic acid groups (broad SMARTS) is 1. The fourth-order valence-corrected chi connectivity index (χ4v) is 2.23. The second kappa shape index (κ2) is 7.13. The number of aliphatic carboxylic acids is 1. The van der Waals surface area contributed by atoms with Crippen LogP contribution in [0.1, 0.15) is 17.7 Å². The first-order chi connectivity index (χ1) is 8.50. The standard InChI is InChI=1S/C12H18N2O3S/c1-14(7-6-9-3-2-8-18-9)12(17)10(13)4-5-11(15)16/h2-3,8,10H,4-7,13H2,1H3,(H,15,16). The first-order valence-electron chi connectivity index (χ1n) is 5.75. The SMILES string of the molecule is CN(CCc1cccs1)C(=O)C(N)CCC(=O)O. The highest BCUT2D eigenvalue weighted by Gasteiger charge is 2.18. The van der Waals surface area contributed by atoms with Gasteiger partial charge in [-0.25, -0.2) is 0 Å². The van der Waals surface area contributed by atoms with Crippen molar-refractivity contribution in [1.29, 1.82) is 0 Å². The van der Waals surface area contributed by atoms with E-state index in [2.05, 4.69) is 0 Å². The predicted molar refractivity (Wildman–Crippen MR) is 70.5 cm³/mol. The van der Waals surface area contributed by atoms with Gasteiger partial charge < -0.3 is 15.7 Å². The average molecular weight is 270 g/mol. The molecule has 100 valence electrons. The molecule has 0 saturated carbocycles. The number of carbonyl (C=O) groups excluding carboxylic acids is 1. The summed E-state index contributed by atoms with van der Waals surface area (Å²) in [5.74, 6) is -1.13. The molecule has 0 fully saturated rings. The van der Waals surface area contributed by atoms with Crippen molar-refractivity contribution in [2.75, 3.05) is 13.6 Å². The highest BCUT2D eigenvalue weighted by Crippen LogP contribution is 2.10. The molecule has 18 heavy (non-hydrogen) atoms. The summed E-state index contributed by atoms with van der Waals surface area (Å²) in [4.78, 5) is 25.0. The second-order valence-corrected chi connectivity index (χ2v) is 5.16. The number of nitrogens with zero attached hydrogens (tertiary/aromatic N) is 1. The van der Waals surface area contributed by atoms with E-state index in [1.807, 2.05) is 17.5 Å². The van der Waals surface area contributed by atoms with Gasteiger partial charge in [0.1, 0.15) is 0 Å². The van der Waals surface area contributed by atoms with Gasteiger partial charge in [-0.1, -0.05) is 6.07 Å². The van der Waals surface area contributed by atoms with Crippen LogP contribution in [0.3, 0.4) is 0 Å². The number of hydrogen-bond acceptors (Lipinski definition) is 4. The van der Waals surface area contributed by atoms with Gasteiger partial charge in [-0.3, -0.25) is 9.59 Å². The van der Waals surface area contributed by atoms with Gasteiger partial charge in [-0.15, -0.1) is 11.3 Å². The average Bonchev–Trinajstić information content (AvgIpc) is 2.85. The smallest absolute Gasteiger partial charge is 0.303 e. The van der Waals surface area contributed by atoms with Crippen molar-refractivity contribution < 1.29 is 14.7 Å². The Labute approximate surface area is 110 Å². The highest BCUT2D eigenvalue weighted by molar-refractivity contribution is 7.09. The van der Waals surface area contributed by atoms with Crippen LogP contribution in [0.25, 0.3) is 0 Å². The topological polar surface area (TPSA) is 83.6 Å². The molecule has 0 aliphatic heterocycles. The molecular formula is C12H18N2O3S. The lowest BCUT2D eigenvalue weighted by Gasteiger charge is -2.20. The molecule has 0 radical (unpaired) electrons. The number of thiophene rings is 1. The first-order valence-corrected chi connectivity index (χ1v) is 6.63. The Morgan fingerprint density at radius 1 is 1.56 bits per heavy atom. The summed E-state index contributed by atoms with van der Waals surface area (Å²) in [5.41, 5.74) is 5.66. The Balaban J connectivity index is 2.33. The number of rotatable bonds is 7. The summed E-state index contributed by atoms with van der Waals surface area (Å²) < 4.78 is 0. The number of carboxylic acids is 1. The monoisotopic (exact) mass is 270 g/mol. The van der Waals surface area contributed by atoms with Gasteiger partial charge in [0.2, 0.25) is 5.91 Å². The minimum absolute atomic E-state index is 0.0777. The van der Waals surface area contributed by atoms with Gasteiger partial charge in [0.25, 0.3) is 0 Å². The van der Waals surface area contributed by atoms with Gasteiger partial charge in [-0.05, 0) is 24.3 Å². The van der Waals surface area contributed by atoms with Gasteiger partial charge in [0.05, 0.1) is 6.04 Å². The third kappa shape index (κ3) is 4.85. The summed E-state index contributed by atoms with van der Waals surface area (Å²) in [7, 11) is 1.69. The van der Waals surface area contributed by atoms with E-state index in [4.69, 9.17) is 10.8 Å². The van der Waals surface area contributed by atoms with E-state index >= 15 is 0 Å². The molecule has 1 amide bonds. The third-order valence-corrected chi connectivity index (χ3v) is 3.57. The molecule has 1 aromatic heterocycles. The van der Waals surface area contributed by atoms with Crippen molar-refractivity contribution in [3.05, 3.63) is 22.4 Å². The highest BCUT2D eigenvalue weighted by atomic mass is 32.1. The molecule has 0 aliphatic carbocycles. The van der Waals surface area contributed by atoms with E-state index in [1.165, 1.54) is 4.88 Å². The third-order valence-electron chi connectivity index (χ3n) is 2.64. The zero-order chi connectivity index (χ0) is 13.5. The maximum Gasteiger partial charge on any atom is 0.303 e. The summed E-state index contributed by atoms with van der Waals surface area (Å²) in [5, 5.41) is 10.5. The van der Waals surface area contributed by atoms with E-state index in [-0.39, 0.29) is 18.7 Å². The molecule has 1 aromatic rings. The van der Waals surface area contributed by atoms with Gasteiger partial charge in [0.15, 0.2) is 0 Å². The van der Waals surface area contributed by atoms with Crippen molar-refractivity contribution in [3.63, 3.8) is 0 Å². The molecule has 0 aromatic carbocycles. The minimum atomic E-state index is -0.931. The molecule has 3 N–H and O–H groups in total. The normalized spacial score (nSPS) is 12.1. The lowest BCUT2D eigenvalue weighted by molar-refractivity contribution is -0.137. The van der Waals surface area contributed by atoms with Crippen LogP contribution in [0.15, 0.2) is 17.5 Å². The zero-order valence-corrected chi connectivity index (χ0v) is 11.2. The lowest BCUT2D eigenvalue weighted by Crippen LogP contribution is -2.42. The predicted octanol–water partition coefficient (Wildman–Crippen LogP) is 0.941. The molecule has 1 rings (SSSR count). The van der Waals surface area contributed by atoms with E-state index in [1.54, 1.807) is 23.3 Å². The van der Waals surface area contributed by atoms with Crippen LogP contribution in [-0.2, 0) is 16.0 Å². The number of amides is 1. The Hall–Kier alpha value is -1.40. The van der Waals surface area contributed by atoms with Crippen molar-refractivity contribution >= 4 is 23.2 Å². The van der Waals surface area contributed by atoms with Crippen LogP contribution < -0.4 is 5.73 Å². The molecule has 5 nitrogen and oxygen atoms in total. The first kappa shape index (κ1) is 14.7. The number of carbonyl (C=O) groups is 2. The van der Waals surface area contributed by atoms with E-state index < -0.39 is 12.0 Å². The molecule has 0 saturated heterocycles. The van der Waals surface area contributed by atoms with Crippen molar-refractivity contribution in [2.45, 2.75) is 25.3 Å². The van der Waals surface area contributed by atoms with Gasteiger partial charge in [0, 0.05) is 24.9 Å². The van der Waals surface area contributed by atoms with Crippen LogP contribution >= 0.6 is 11.3 Å². The van der Waals surface area contributed by atoms with Crippen LogP contribution in [0.5, 0.6) is 0 Å². The second-order valence-electron chi connectivity index (χ2n) is 4.13. The molecule has 0 bridgehead atoms. The Bertz CT molecular complexity index is 392. The Morgan fingerprint density at radius 2 is 2.28 bits per heavy atom. The number of hydrogen-bond donors (Lipinski definition) is 2. The largest absolute Gasteiger partial charge is 0.481 e. The van der Waals surface area contributed by atoms with Crippen LogP contribution in [0, 0.1) is 0 Å². The number of nitrogens with two attached hydrogens (primary N) is 1. The van der Waals surface area contributed by atoms with E-state index in [0.717, 1.165) is 6.42 Å². The zero-order valence-electron chi connectivity index (χ0n) is 10.3. The molecule has 6 heteroatoms. The molecule has 1 atom stereocenters. The van der Waals surface area contributed by atoms with Crippen molar-refractivity contribution in [1.82, 2.24) is 4.90 Å². The Morgan fingerprint density at radius 3 is 2.83 bits per heavy atom. The van der Waals surface area contributed by atoms with Crippen molar-refractivity contribution in [3.8, 4) is 0 Å². The van der Waals surface area contributed by atoms with Crippen LogP contribution in [0.2, 0.25) is 0 Å². The van der Waals surface area contributed by atoms with Crippen molar-refractivity contribution in [2.24, 2.45) is 5.73 Å². The van der Waals surface area contributed by atoms with Crippen LogP contribution in [0.4, 0.5) is 0 Å². The maximum atomic E-state index is 11.8. The fourth-order valence-electron chi connectivity index (χ4n) is 1.53. The maximum absolute atomic E-state index is 11.8. The lowest BCUT2D eigenvalue weighted by atomic mass is 10.1. The quantitative estimate of drug-likeness (QED) is 0.772. The van der Waals surface area contributed by atoms with Gasteiger partial charge in [-0.2, -0.15) is 0 Å². The van der Waals surface area contributed by atoms with E-state index in [9.17, 15) is 9.59 Å². The van der Waals surface area contributed by atoms with E-state index in [0.29, 0.717) is 6.54 Å². The van der Waals surface area contributed by atoms with Crippen LogP contribution in [-0.4, -0.2) is 41.5 Å². The fraction of sp³-hybridized carbons (Fsp3) is 0.500. The molecular weight excluding hydrogens is 252 g/mol. The molecule has 1 heterocycles. The summed E-state index contributed by atoms with van der Waals surface area (Å²) in [6, 6.07) is 3.27. The number of likely N-dealkylation sites (N-methyl/N-ethyl adjacent to an activating group) is 1. The molecule has 0 spiro atoms. The van der Waals surface area contributed by atoms with Gasteiger partial charge >= 0.3 is 5.97 Å². The Kier molecular flexibility index (Phi) is 5.80. The molecule has 0 aliphatic rings. The summed E-state index contributed by atoms with van der Waals surface area (Å²) in [6.07, 6.45) is 0.898. The summed E-state index contributed by atoms with van der Waals surface area (Å²) >= 11 is 1.65. The summed E-state index contributed by atoms with van der Waals surface area (Å²) in [6.45, 7) is 0.597. The minimum Gasteiger partial charge on any atom is -0.481 e.